The van der Waals surface area contributed by atoms with Crippen LogP contribution in [0.15, 0.2) is 24.3 Å². The van der Waals surface area contributed by atoms with Crippen molar-refractivity contribution in [3.05, 3.63) is 29.8 Å². The van der Waals surface area contributed by atoms with Crippen LogP contribution in [0.4, 0.5) is 5.69 Å². The molecular formula is C13H19NO2. The van der Waals surface area contributed by atoms with E-state index in [1.165, 1.54) is 7.11 Å². The highest BCUT2D eigenvalue weighted by Gasteiger charge is 2.19. The molecule has 1 aromatic carbocycles. The van der Waals surface area contributed by atoms with Gasteiger partial charge in [0.25, 0.3) is 0 Å². The number of benzene rings is 1. The summed E-state index contributed by atoms with van der Waals surface area (Å²) in [6.45, 7) is 4.12. The summed E-state index contributed by atoms with van der Waals surface area (Å²) < 4.78 is 4.67. The molecule has 0 aromatic heterocycles. The van der Waals surface area contributed by atoms with E-state index in [1.54, 1.807) is 0 Å². The minimum Gasteiger partial charge on any atom is -0.469 e. The lowest BCUT2D eigenvalue weighted by Gasteiger charge is -2.20. The Morgan fingerprint density at radius 1 is 1.38 bits per heavy atom. The normalized spacial score (nSPS) is 14.2. The van der Waals surface area contributed by atoms with Crippen molar-refractivity contribution >= 4 is 11.7 Å². The summed E-state index contributed by atoms with van der Waals surface area (Å²) >= 11 is 0. The molecule has 0 aliphatic carbocycles. The van der Waals surface area contributed by atoms with E-state index in [0.717, 1.165) is 11.3 Å². The molecule has 0 aliphatic rings. The molecule has 0 saturated heterocycles. The number of esters is 1. The van der Waals surface area contributed by atoms with E-state index in [9.17, 15) is 4.79 Å². The Hall–Kier alpha value is -1.51. The van der Waals surface area contributed by atoms with E-state index in [-0.39, 0.29) is 17.8 Å². The molecule has 0 saturated carbocycles. The van der Waals surface area contributed by atoms with Crippen molar-refractivity contribution in [2.45, 2.75) is 26.2 Å². The van der Waals surface area contributed by atoms with Crippen LogP contribution in [0.3, 0.4) is 0 Å². The number of rotatable bonds is 4. The maximum Gasteiger partial charge on any atom is 0.305 e. The predicted molar refractivity (Wildman–Crippen MR) is 65.1 cm³/mol. The molecule has 3 nitrogen and oxygen atoms in total. The number of para-hydroxylation sites is 1. The topological polar surface area (TPSA) is 52.3 Å². The minimum atomic E-state index is -0.172. The van der Waals surface area contributed by atoms with Gasteiger partial charge in [-0.25, -0.2) is 0 Å². The molecule has 2 unspecified atom stereocenters. The Kier molecular flexibility index (Phi) is 4.35. The highest BCUT2D eigenvalue weighted by Crippen LogP contribution is 2.30. The summed E-state index contributed by atoms with van der Waals surface area (Å²) in [5, 5.41) is 0. The zero-order chi connectivity index (χ0) is 12.1. The van der Waals surface area contributed by atoms with Gasteiger partial charge >= 0.3 is 5.97 Å². The highest BCUT2D eigenvalue weighted by molar-refractivity contribution is 5.69. The van der Waals surface area contributed by atoms with Crippen LogP contribution in [0.5, 0.6) is 0 Å². The predicted octanol–water partition coefficient (Wildman–Crippen LogP) is 2.57. The SMILES string of the molecule is COC(=O)CC(C)C(C)c1ccccc1N. The van der Waals surface area contributed by atoms with Crippen LogP contribution >= 0.6 is 0 Å². The van der Waals surface area contributed by atoms with Gasteiger partial charge < -0.3 is 10.5 Å². The number of carbonyl (C=O) groups is 1. The van der Waals surface area contributed by atoms with Crippen LogP contribution in [-0.4, -0.2) is 13.1 Å². The first-order chi connectivity index (χ1) is 7.56. The van der Waals surface area contributed by atoms with E-state index in [1.807, 2.05) is 31.2 Å². The van der Waals surface area contributed by atoms with Crippen LogP contribution in [0.25, 0.3) is 0 Å². The molecule has 2 atom stereocenters. The number of anilines is 1. The standard InChI is InChI=1S/C13H19NO2/c1-9(8-13(15)16-3)10(2)11-6-4-5-7-12(11)14/h4-7,9-10H,8,14H2,1-3H3. The van der Waals surface area contributed by atoms with Crippen LogP contribution in [-0.2, 0) is 9.53 Å². The lowest BCUT2D eigenvalue weighted by Crippen LogP contribution is -2.14. The first kappa shape index (κ1) is 12.6. The first-order valence-electron chi connectivity index (χ1n) is 5.47. The lowest BCUT2D eigenvalue weighted by molar-refractivity contribution is -0.141. The maximum absolute atomic E-state index is 11.2. The number of ether oxygens (including phenoxy) is 1. The van der Waals surface area contributed by atoms with Crippen molar-refractivity contribution in [1.82, 2.24) is 0 Å². The van der Waals surface area contributed by atoms with Gasteiger partial charge in [0.2, 0.25) is 0 Å². The van der Waals surface area contributed by atoms with Crippen molar-refractivity contribution < 1.29 is 9.53 Å². The van der Waals surface area contributed by atoms with E-state index < -0.39 is 0 Å². The van der Waals surface area contributed by atoms with E-state index in [2.05, 4.69) is 11.7 Å². The van der Waals surface area contributed by atoms with Crippen molar-refractivity contribution in [3.8, 4) is 0 Å². The van der Waals surface area contributed by atoms with E-state index in [0.29, 0.717) is 6.42 Å². The number of nitrogen functional groups attached to an aromatic ring is 1. The molecule has 2 N–H and O–H groups in total. The fourth-order valence-corrected chi connectivity index (χ4v) is 1.76. The second kappa shape index (κ2) is 5.54. The molecule has 88 valence electrons. The number of carbonyl (C=O) groups excluding carboxylic acids is 1. The third-order valence-electron chi connectivity index (χ3n) is 3.06. The first-order valence-corrected chi connectivity index (χ1v) is 5.47. The van der Waals surface area contributed by atoms with Crippen LogP contribution in [0.1, 0.15) is 31.7 Å². The maximum atomic E-state index is 11.2. The molecule has 1 rings (SSSR count). The Morgan fingerprint density at radius 3 is 2.56 bits per heavy atom. The largest absolute Gasteiger partial charge is 0.469 e. The Labute approximate surface area is 96.6 Å². The summed E-state index contributed by atoms with van der Waals surface area (Å²) in [5.74, 6) is 0.298. The van der Waals surface area contributed by atoms with Gasteiger partial charge in [-0.1, -0.05) is 32.0 Å². The van der Waals surface area contributed by atoms with E-state index >= 15 is 0 Å². The van der Waals surface area contributed by atoms with Crippen LogP contribution in [0.2, 0.25) is 0 Å². The molecule has 0 fully saturated rings. The number of hydrogen-bond acceptors (Lipinski definition) is 3. The average molecular weight is 221 g/mol. The third kappa shape index (κ3) is 2.99. The van der Waals surface area contributed by atoms with Gasteiger partial charge in [-0.2, -0.15) is 0 Å². The Balaban J connectivity index is 2.74. The summed E-state index contributed by atoms with van der Waals surface area (Å²) in [5.41, 5.74) is 7.79. The second-order valence-corrected chi connectivity index (χ2v) is 4.18. The quantitative estimate of drug-likeness (QED) is 0.628. The van der Waals surface area contributed by atoms with Gasteiger partial charge in [0.05, 0.1) is 7.11 Å². The number of methoxy groups -OCH3 is 1. The summed E-state index contributed by atoms with van der Waals surface area (Å²) in [4.78, 5) is 11.2. The number of hydrogen-bond donors (Lipinski definition) is 1. The second-order valence-electron chi connectivity index (χ2n) is 4.18. The lowest BCUT2D eigenvalue weighted by atomic mass is 9.86. The van der Waals surface area contributed by atoms with Crippen molar-refractivity contribution in [2.75, 3.05) is 12.8 Å². The molecule has 1 aromatic rings. The Morgan fingerprint density at radius 2 is 2.00 bits per heavy atom. The molecular weight excluding hydrogens is 202 g/mol. The molecule has 0 heterocycles. The Bertz CT molecular complexity index is 363. The zero-order valence-corrected chi connectivity index (χ0v) is 10.1. The smallest absolute Gasteiger partial charge is 0.305 e. The third-order valence-corrected chi connectivity index (χ3v) is 3.06. The monoisotopic (exact) mass is 221 g/mol. The van der Waals surface area contributed by atoms with Crippen molar-refractivity contribution in [2.24, 2.45) is 5.92 Å². The molecule has 0 aliphatic heterocycles. The molecule has 16 heavy (non-hydrogen) atoms. The van der Waals surface area contributed by atoms with Gasteiger partial charge in [0.15, 0.2) is 0 Å². The zero-order valence-electron chi connectivity index (χ0n) is 10.1. The summed E-state index contributed by atoms with van der Waals surface area (Å²) in [6.07, 6.45) is 0.423. The van der Waals surface area contributed by atoms with Crippen molar-refractivity contribution in [3.63, 3.8) is 0 Å². The van der Waals surface area contributed by atoms with Gasteiger partial charge in [0, 0.05) is 12.1 Å². The summed E-state index contributed by atoms with van der Waals surface area (Å²) in [7, 11) is 1.41. The summed E-state index contributed by atoms with van der Waals surface area (Å²) in [6, 6.07) is 7.77. The number of nitrogens with two attached hydrogens (primary N) is 1. The fraction of sp³-hybridized carbons (Fsp3) is 0.462. The fourth-order valence-electron chi connectivity index (χ4n) is 1.76. The van der Waals surface area contributed by atoms with E-state index in [4.69, 9.17) is 5.73 Å². The van der Waals surface area contributed by atoms with Gasteiger partial charge in [-0.3, -0.25) is 4.79 Å². The van der Waals surface area contributed by atoms with Crippen LogP contribution < -0.4 is 5.73 Å². The van der Waals surface area contributed by atoms with Crippen molar-refractivity contribution in [1.29, 1.82) is 0 Å². The van der Waals surface area contributed by atoms with Gasteiger partial charge in [0.1, 0.15) is 0 Å². The molecule has 0 bridgehead atoms. The average Bonchev–Trinajstić information content (AvgIpc) is 2.28. The minimum absolute atomic E-state index is 0.172. The van der Waals surface area contributed by atoms with Crippen LogP contribution in [0, 0.1) is 5.92 Å². The highest BCUT2D eigenvalue weighted by atomic mass is 16.5. The molecule has 0 spiro atoms. The molecule has 0 radical (unpaired) electrons. The van der Waals surface area contributed by atoms with Gasteiger partial charge in [-0.05, 0) is 23.5 Å². The van der Waals surface area contributed by atoms with Gasteiger partial charge in [-0.15, -0.1) is 0 Å². The molecule has 3 heteroatoms. The molecule has 0 amide bonds.